The fourth-order valence-corrected chi connectivity index (χ4v) is 2.41. The topological polar surface area (TPSA) is 46.1 Å². The molecule has 0 aromatic carbocycles. The van der Waals surface area contributed by atoms with E-state index in [1.165, 1.54) is 0 Å². The standard InChI is InChI=1S/C11H14ClN3O/c1-7-13-9(6-11(12)14-7)10-4-3-5-15(10)8(2)16/h6,10H,3-5H2,1-2H3. The van der Waals surface area contributed by atoms with Crippen LogP contribution in [0.15, 0.2) is 6.07 Å². The van der Waals surface area contributed by atoms with Crippen LogP contribution in [0, 0.1) is 6.92 Å². The third-order valence-corrected chi connectivity index (χ3v) is 3.02. The maximum Gasteiger partial charge on any atom is 0.220 e. The Hall–Kier alpha value is -1.16. The Kier molecular flexibility index (Phi) is 3.10. The zero-order chi connectivity index (χ0) is 11.7. The van der Waals surface area contributed by atoms with Crippen LogP contribution >= 0.6 is 11.6 Å². The number of carbonyl (C=O) groups excluding carboxylic acids is 1. The van der Waals surface area contributed by atoms with E-state index in [0.29, 0.717) is 11.0 Å². The van der Waals surface area contributed by atoms with Crippen molar-refractivity contribution in [3.63, 3.8) is 0 Å². The minimum atomic E-state index is 0.0664. The van der Waals surface area contributed by atoms with Crippen molar-refractivity contribution in [3.05, 3.63) is 22.7 Å². The number of hydrogen-bond acceptors (Lipinski definition) is 3. The molecule has 1 aliphatic heterocycles. The summed E-state index contributed by atoms with van der Waals surface area (Å²) >= 11 is 5.90. The van der Waals surface area contributed by atoms with Crippen LogP contribution in [0.1, 0.15) is 37.3 Å². The Morgan fingerprint density at radius 3 is 2.94 bits per heavy atom. The molecule has 1 fully saturated rings. The van der Waals surface area contributed by atoms with Gasteiger partial charge in [-0.15, -0.1) is 0 Å². The van der Waals surface area contributed by atoms with Crippen molar-refractivity contribution in [1.82, 2.24) is 14.9 Å². The van der Waals surface area contributed by atoms with E-state index in [-0.39, 0.29) is 11.9 Å². The molecule has 16 heavy (non-hydrogen) atoms. The van der Waals surface area contributed by atoms with E-state index in [0.717, 1.165) is 25.1 Å². The zero-order valence-electron chi connectivity index (χ0n) is 9.40. The van der Waals surface area contributed by atoms with Crippen LogP contribution in [-0.4, -0.2) is 27.3 Å². The van der Waals surface area contributed by atoms with E-state index in [4.69, 9.17) is 11.6 Å². The van der Waals surface area contributed by atoms with Gasteiger partial charge in [0.25, 0.3) is 0 Å². The molecule has 86 valence electrons. The van der Waals surface area contributed by atoms with Gasteiger partial charge in [0.15, 0.2) is 0 Å². The smallest absolute Gasteiger partial charge is 0.220 e. The number of aromatic nitrogens is 2. The van der Waals surface area contributed by atoms with Crippen LogP contribution in [0.5, 0.6) is 0 Å². The molecule has 1 saturated heterocycles. The highest BCUT2D eigenvalue weighted by molar-refractivity contribution is 6.29. The van der Waals surface area contributed by atoms with Crippen LogP contribution in [0.2, 0.25) is 5.15 Å². The summed E-state index contributed by atoms with van der Waals surface area (Å²) in [6.45, 7) is 4.21. The number of amides is 1. The van der Waals surface area contributed by atoms with Crippen LogP contribution < -0.4 is 0 Å². The molecule has 1 aromatic rings. The lowest BCUT2D eigenvalue weighted by Gasteiger charge is -2.22. The summed E-state index contributed by atoms with van der Waals surface area (Å²) in [7, 11) is 0. The Balaban J connectivity index is 2.32. The van der Waals surface area contributed by atoms with Gasteiger partial charge in [-0.2, -0.15) is 0 Å². The summed E-state index contributed by atoms with van der Waals surface area (Å²) in [6, 6.07) is 1.82. The molecule has 4 nitrogen and oxygen atoms in total. The van der Waals surface area contributed by atoms with Crippen molar-refractivity contribution in [2.45, 2.75) is 32.7 Å². The predicted octanol–water partition coefficient (Wildman–Crippen LogP) is 2.12. The Morgan fingerprint density at radius 1 is 1.56 bits per heavy atom. The molecule has 1 amide bonds. The van der Waals surface area contributed by atoms with E-state index in [1.807, 2.05) is 11.8 Å². The van der Waals surface area contributed by atoms with E-state index in [2.05, 4.69) is 9.97 Å². The molecule has 0 aliphatic carbocycles. The summed E-state index contributed by atoms with van der Waals surface area (Å²) in [5.41, 5.74) is 0.852. The van der Waals surface area contributed by atoms with Gasteiger partial charge in [0.2, 0.25) is 5.91 Å². The van der Waals surface area contributed by atoms with Gasteiger partial charge >= 0.3 is 0 Å². The minimum Gasteiger partial charge on any atom is -0.334 e. The molecular formula is C11H14ClN3O. The first kappa shape index (κ1) is 11.3. The van der Waals surface area contributed by atoms with E-state index in [9.17, 15) is 4.79 Å². The molecule has 0 radical (unpaired) electrons. The third-order valence-electron chi connectivity index (χ3n) is 2.83. The van der Waals surface area contributed by atoms with Gasteiger partial charge in [-0.05, 0) is 25.8 Å². The van der Waals surface area contributed by atoms with Gasteiger partial charge in [0.05, 0.1) is 11.7 Å². The molecule has 1 aromatic heterocycles. The summed E-state index contributed by atoms with van der Waals surface area (Å²) in [5, 5.41) is 0.443. The van der Waals surface area contributed by atoms with Crippen LogP contribution in [0.4, 0.5) is 0 Å². The van der Waals surface area contributed by atoms with Crippen molar-refractivity contribution in [1.29, 1.82) is 0 Å². The number of hydrogen-bond donors (Lipinski definition) is 0. The van der Waals surface area contributed by atoms with E-state index < -0.39 is 0 Å². The lowest BCUT2D eigenvalue weighted by atomic mass is 10.1. The molecule has 0 saturated carbocycles. The van der Waals surface area contributed by atoms with Crippen molar-refractivity contribution in [2.24, 2.45) is 0 Å². The molecule has 0 N–H and O–H groups in total. The quantitative estimate of drug-likeness (QED) is 0.706. The van der Waals surface area contributed by atoms with Crippen molar-refractivity contribution in [3.8, 4) is 0 Å². The van der Waals surface area contributed by atoms with Crippen LogP contribution in [0.25, 0.3) is 0 Å². The molecule has 1 atom stereocenters. The van der Waals surface area contributed by atoms with Gasteiger partial charge in [0, 0.05) is 13.5 Å². The maximum absolute atomic E-state index is 11.4. The summed E-state index contributed by atoms with van der Waals surface area (Å²) < 4.78 is 0. The van der Waals surface area contributed by atoms with E-state index in [1.54, 1.807) is 13.0 Å². The number of likely N-dealkylation sites (tertiary alicyclic amines) is 1. The van der Waals surface area contributed by atoms with Gasteiger partial charge in [-0.25, -0.2) is 9.97 Å². The van der Waals surface area contributed by atoms with Gasteiger partial charge in [-0.3, -0.25) is 4.79 Å². The molecular weight excluding hydrogens is 226 g/mol. The normalized spacial score (nSPS) is 20.2. The predicted molar refractivity (Wildman–Crippen MR) is 61.1 cm³/mol. The molecule has 0 bridgehead atoms. The summed E-state index contributed by atoms with van der Waals surface area (Å²) in [6.07, 6.45) is 1.97. The molecule has 5 heteroatoms. The second kappa shape index (κ2) is 4.37. The average molecular weight is 240 g/mol. The molecule has 2 heterocycles. The summed E-state index contributed by atoms with van der Waals surface area (Å²) in [4.78, 5) is 21.7. The van der Waals surface area contributed by atoms with Crippen LogP contribution in [0.3, 0.4) is 0 Å². The monoisotopic (exact) mass is 239 g/mol. The molecule has 1 unspecified atom stereocenters. The Labute approximate surface area is 99.6 Å². The molecule has 0 spiro atoms. The lowest BCUT2D eigenvalue weighted by molar-refractivity contribution is -0.129. The zero-order valence-corrected chi connectivity index (χ0v) is 10.2. The highest BCUT2D eigenvalue weighted by Crippen LogP contribution is 2.31. The number of nitrogens with zero attached hydrogens (tertiary/aromatic N) is 3. The van der Waals surface area contributed by atoms with Crippen molar-refractivity contribution in [2.75, 3.05) is 6.54 Å². The first-order valence-electron chi connectivity index (χ1n) is 5.36. The highest BCUT2D eigenvalue weighted by Gasteiger charge is 2.29. The second-order valence-electron chi connectivity index (χ2n) is 4.03. The largest absolute Gasteiger partial charge is 0.334 e. The van der Waals surface area contributed by atoms with Gasteiger partial charge in [-0.1, -0.05) is 11.6 Å². The van der Waals surface area contributed by atoms with Gasteiger partial charge in [0.1, 0.15) is 11.0 Å². The van der Waals surface area contributed by atoms with E-state index >= 15 is 0 Å². The molecule has 2 rings (SSSR count). The highest BCUT2D eigenvalue weighted by atomic mass is 35.5. The SMILES string of the molecule is CC(=O)N1CCCC1c1cc(Cl)nc(C)n1. The maximum atomic E-state index is 11.4. The van der Waals surface area contributed by atoms with Crippen molar-refractivity contribution >= 4 is 17.5 Å². The number of carbonyl (C=O) groups is 1. The summed E-state index contributed by atoms with van der Waals surface area (Å²) in [5.74, 6) is 0.743. The van der Waals surface area contributed by atoms with Gasteiger partial charge < -0.3 is 4.90 Å². The Morgan fingerprint density at radius 2 is 2.31 bits per heavy atom. The third kappa shape index (κ3) is 2.16. The fraction of sp³-hybridized carbons (Fsp3) is 0.545. The number of rotatable bonds is 1. The van der Waals surface area contributed by atoms with Crippen molar-refractivity contribution < 1.29 is 4.79 Å². The Bertz CT molecular complexity index is 401. The molecule has 1 aliphatic rings. The first-order valence-corrected chi connectivity index (χ1v) is 5.74. The minimum absolute atomic E-state index is 0.0664. The number of halogens is 1. The fourth-order valence-electron chi connectivity index (χ4n) is 2.17. The average Bonchev–Trinajstić information content (AvgIpc) is 2.63. The van der Waals surface area contributed by atoms with Crippen LogP contribution in [-0.2, 0) is 4.79 Å². The first-order chi connectivity index (χ1) is 7.58. The lowest BCUT2D eigenvalue weighted by Crippen LogP contribution is -2.28. The number of aryl methyl sites for hydroxylation is 1. The second-order valence-corrected chi connectivity index (χ2v) is 4.42.